The van der Waals surface area contributed by atoms with Gasteiger partial charge in [0.2, 0.25) is 0 Å². The number of fused-ring (bicyclic) bond motifs is 2. The van der Waals surface area contributed by atoms with Crippen molar-refractivity contribution in [1.29, 1.82) is 0 Å². The molecule has 0 aromatic carbocycles. The quantitative estimate of drug-likeness (QED) is 0.885. The largest absolute Gasteiger partial charge is 0.478 e. The third kappa shape index (κ3) is 2.50. The maximum atomic E-state index is 11.2. The van der Waals surface area contributed by atoms with Gasteiger partial charge in [-0.1, -0.05) is 6.42 Å². The summed E-state index contributed by atoms with van der Waals surface area (Å²) in [4.78, 5) is 17.8. The molecule has 2 bridgehead atoms. The second-order valence-corrected chi connectivity index (χ2v) is 5.94. The standard InChI is InChI=1S/C15H21N3O2/c1-18-11-3-2-4-12(18)8-10(7-11)17-14-9-16-6-5-13(14)15(19)20/h5-6,9-12,17H,2-4,7-8H2,1H3,(H,19,20). The van der Waals surface area contributed by atoms with Crippen molar-refractivity contribution < 1.29 is 9.90 Å². The van der Waals surface area contributed by atoms with Crippen LogP contribution in [0, 0.1) is 0 Å². The Morgan fingerprint density at radius 3 is 2.75 bits per heavy atom. The molecule has 2 fully saturated rings. The highest BCUT2D eigenvalue weighted by Crippen LogP contribution is 2.34. The number of carbonyl (C=O) groups is 1. The Kier molecular flexibility index (Phi) is 3.61. The Balaban J connectivity index is 1.74. The van der Waals surface area contributed by atoms with Gasteiger partial charge in [0.05, 0.1) is 17.4 Å². The fourth-order valence-corrected chi connectivity index (χ4v) is 3.65. The number of carboxylic acid groups (broad SMARTS) is 1. The van der Waals surface area contributed by atoms with Crippen molar-refractivity contribution in [2.24, 2.45) is 0 Å². The number of piperidine rings is 2. The first kappa shape index (κ1) is 13.4. The number of hydrogen-bond acceptors (Lipinski definition) is 4. The van der Waals surface area contributed by atoms with Crippen molar-refractivity contribution in [3.63, 3.8) is 0 Å². The van der Waals surface area contributed by atoms with Crippen molar-refractivity contribution in [3.8, 4) is 0 Å². The number of anilines is 1. The van der Waals surface area contributed by atoms with Crippen molar-refractivity contribution >= 4 is 11.7 Å². The molecular weight excluding hydrogens is 254 g/mol. The van der Waals surface area contributed by atoms with E-state index in [1.807, 2.05) is 0 Å². The van der Waals surface area contributed by atoms with E-state index in [-0.39, 0.29) is 0 Å². The highest BCUT2D eigenvalue weighted by Gasteiger charge is 2.36. The van der Waals surface area contributed by atoms with Gasteiger partial charge in [0.15, 0.2) is 0 Å². The summed E-state index contributed by atoms with van der Waals surface area (Å²) in [5.74, 6) is -0.900. The third-order valence-corrected chi connectivity index (χ3v) is 4.75. The first-order valence-electron chi connectivity index (χ1n) is 7.31. The zero-order valence-corrected chi connectivity index (χ0v) is 11.7. The van der Waals surface area contributed by atoms with Crippen LogP contribution in [0.25, 0.3) is 0 Å². The van der Waals surface area contributed by atoms with Gasteiger partial charge < -0.3 is 15.3 Å². The van der Waals surface area contributed by atoms with E-state index in [1.165, 1.54) is 25.5 Å². The molecule has 0 aliphatic carbocycles. The lowest BCUT2D eigenvalue weighted by molar-refractivity contribution is 0.0607. The monoisotopic (exact) mass is 275 g/mol. The number of aromatic carboxylic acids is 1. The zero-order chi connectivity index (χ0) is 14.1. The molecule has 3 heterocycles. The molecule has 0 spiro atoms. The van der Waals surface area contributed by atoms with Crippen LogP contribution in [-0.2, 0) is 0 Å². The average Bonchev–Trinajstić information content (AvgIpc) is 2.40. The summed E-state index contributed by atoms with van der Waals surface area (Å²) in [6, 6.07) is 3.17. The van der Waals surface area contributed by atoms with Gasteiger partial charge in [-0.25, -0.2) is 4.79 Å². The molecule has 2 aliphatic rings. The summed E-state index contributed by atoms with van der Waals surface area (Å²) in [5.41, 5.74) is 0.955. The molecule has 2 saturated heterocycles. The molecule has 5 heteroatoms. The van der Waals surface area contributed by atoms with Crippen molar-refractivity contribution in [3.05, 3.63) is 24.0 Å². The van der Waals surface area contributed by atoms with Crippen LogP contribution < -0.4 is 5.32 Å². The maximum Gasteiger partial charge on any atom is 0.337 e. The minimum Gasteiger partial charge on any atom is -0.478 e. The molecule has 2 aliphatic heterocycles. The number of carboxylic acids is 1. The predicted molar refractivity (Wildman–Crippen MR) is 77.0 cm³/mol. The fourth-order valence-electron chi connectivity index (χ4n) is 3.65. The predicted octanol–water partition coefficient (Wildman–Crippen LogP) is 2.21. The smallest absolute Gasteiger partial charge is 0.337 e. The number of pyridine rings is 1. The molecule has 108 valence electrons. The highest BCUT2D eigenvalue weighted by molar-refractivity contribution is 5.93. The topological polar surface area (TPSA) is 65.5 Å². The lowest BCUT2D eigenvalue weighted by atomic mass is 9.82. The van der Waals surface area contributed by atoms with Crippen molar-refractivity contribution in [2.75, 3.05) is 12.4 Å². The third-order valence-electron chi connectivity index (χ3n) is 4.75. The van der Waals surface area contributed by atoms with Crippen LogP contribution in [0.5, 0.6) is 0 Å². The van der Waals surface area contributed by atoms with Gasteiger partial charge in [0.25, 0.3) is 0 Å². The Hall–Kier alpha value is -1.62. The van der Waals surface area contributed by atoms with E-state index in [0.29, 0.717) is 29.4 Å². The van der Waals surface area contributed by atoms with E-state index in [9.17, 15) is 9.90 Å². The fraction of sp³-hybridized carbons (Fsp3) is 0.600. The van der Waals surface area contributed by atoms with Gasteiger partial charge in [0, 0.05) is 24.3 Å². The molecular formula is C15H21N3O2. The molecule has 0 saturated carbocycles. The highest BCUT2D eigenvalue weighted by atomic mass is 16.4. The normalized spacial score (nSPS) is 29.9. The minimum atomic E-state index is -0.900. The molecule has 2 N–H and O–H groups in total. The summed E-state index contributed by atoms with van der Waals surface area (Å²) >= 11 is 0. The molecule has 5 nitrogen and oxygen atoms in total. The SMILES string of the molecule is CN1C2CCCC1CC(Nc1cnccc1C(=O)O)C2. The molecule has 1 aromatic rings. The molecule has 1 aromatic heterocycles. The number of nitrogens with one attached hydrogen (secondary N) is 1. The zero-order valence-electron chi connectivity index (χ0n) is 11.7. The van der Waals surface area contributed by atoms with Gasteiger partial charge in [-0.05, 0) is 38.8 Å². The van der Waals surface area contributed by atoms with Crippen molar-refractivity contribution in [2.45, 2.75) is 50.2 Å². The number of hydrogen-bond donors (Lipinski definition) is 2. The lowest BCUT2D eigenvalue weighted by Gasteiger charge is -2.47. The molecule has 0 radical (unpaired) electrons. The maximum absolute atomic E-state index is 11.2. The van der Waals surface area contributed by atoms with Gasteiger partial charge in [-0.2, -0.15) is 0 Å². The Labute approximate surface area is 119 Å². The van der Waals surface area contributed by atoms with Gasteiger partial charge in [0.1, 0.15) is 0 Å². The van der Waals surface area contributed by atoms with E-state index < -0.39 is 5.97 Å². The van der Waals surface area contributed by atoms with Gasteiger partial charge in [-0.3, -0.25) is 4.98 Å². The van der Waals surface area contributed by atoms with Crippen LogP contribution in [0.1, 0.15) is 42.5 Å². The van der Waals surface area contributed by atoms with Gasteiger partial charge >= 0.3 is 5.97 Å². The van der Waals surface area contributed by atoms with E-state index >= 15 is 0 Å². The van der Waals surface area contributed by atoms with Crippen LogP contribution in [0.15, 0.2) is 18.5 Å². The first-order chi connectivity index (χ1) is 9.65. The number of rotatable bonds is 3. The van der Waals surface area contributed by atoms with Crippen LogP contribution >= 0.6 is 0 Å². The average molecular weight is 275 g/mol. The summed E-state index contributed by atoms with van der Waals surface area (Å²) in [5, 5.41) is 12.6. The lowest BCUT2D eigenvalue weighted by Crippen LogP contribution is -2.52. The van der Waals surface area contributed by atoms with E-state index in [0.717, 1.165) is 12.8 Å². The summed E-state index contributed by atoms with van der Waals surface area (Å²) in [6.07, 6.45) is 9.14. The number of aromatic nitrogens is 1. The number of nitrogens with zero attached hydrogens (tertiary/aromatic N) is 2. The molecule has 2 atom stereocenters. The molecule has 3 rings (SSSR count). The molecule has 0 amide bonds. The summed E-state index contributed by atoms with van der Waals surface area (Å²) in [7, 11) is 2.22. The Morgan fingerprint density at radius 2 is 2.10 bits per heavy atom. The van der Waals surface area contributed by atoms with Crippen LogP contribution in [-0.4, -0.2) is 46.1 Å². The van der Waals surface area contributed by atoms with E-state index in [2.05, 4.69) is 22.2 Å². The Morgan fingerprint density at radius 1 is 1.40 bits per heavy atom. The second-order valence-electron chi connectivity index (χ2n) is 5.94. The first-order valence-corrected chi connectivity index (χ1v) is 7.31. The van der Waals surface area contributed by atoms with Crippen LogP contribution in [0.2, 0.25) is 0 Å². The van der Waals surface area contributed by atoms with E-state index in [4.69, 9.17) is 0 Å². The Bertz CT molecular complexity index is 492. The molecule has 20 heavy (non-hydrogen) atoms. The van der Waals surface area contributed by atoms with Crippen LogP contribution in [0.4, 0.5) is 5.69 Å². The summed E-state index contributed by atoms with van der Waals surface area (Å²) in [6.45, 7) is 0. The van der Waals surface area contributed by atoms with Crippen molar-refractivity contribution in [1.82, 2.24) is 9.88 Å². The van der Waals surface area contributed by atoms with Gasteiger partial charge in [-0.15, -0.1) is 0 Å². The minimum absolute atomic E-state index is 0.309. The van der Waals surface area contributed by atoms with E-state index in [1.54, 1.807) is 12.3 Å². The summed E-state index contributed by atoms with van der Waals surface area (Å²) < 4.78 is 0. The van der Waals surface area contributed by atoms with Crippen LogP contribution in [0.3, 0.4) is 0 Å². The molecule has 2 unspecified atom stereocenters. The second kappa shape index (κ2) is 5.40.